The lowest BCUT2D eigenvalue weighted by atomic mass is 9.99. The van der Waals surface area contributed by atoms with Crippen molar-refractivity contribution in [3.63, 3.8) is 0 Å². The Bertz CT molecular complexity index is 1030. The summed E-state index contributed by atoms with van der Waals surface area (Å²) in [5, 5.41) is 8.68. The number of nitrogens with zero attached hydrogens (tertiary/aromatic N) is 1. The van der Waals surface area contributed by atoms with E-state index in [0.717, 1.165) is 17.4 Å². The largest absolute Gasteiger partial charge is 0.417 e. The topological polar surface area (TPSA) is 94.5 Å². The van der Waals surface area contributed by atoms with E-state index in [1.165, 1.54) is 6.07 Å². The normalized spacial score (nSPS) is 11.5. The van der Waals surface area contributed by atoms with Crippen LogP contribution in [0.3, 0.4) is 0 Å². The molecule has 0 aliphatic heterocycles. The Hall–Kier alpha value is -2.89. The molecular weight excluding hydrogens is 351 g/mol. The molecule has 0 saturated heterocycles. The number of carbonyl (C=O) groups is 1. The number of rotatable bonds is 2. The van der Waals surface area contributed by atoms with Crippen LogP contribution in [0.15, 0.2) is 36.4 Å². The lowest BCUT2D eigenvalue weighted by Gasteiger charge is -2.11. The number of nitrogens with two attached hydrogens (primary N) is 1. The van der Waals surface area contributed by atoms with Gasteiger partial charge in [-0.25, -0.2) is 4.79 Å². The summed E-state index contributed by atoms with van der Waals surface area (Å²) in [6.45, 7) is 0. The first-order valence-corrected chi connectivity index (χ1v) is 7.84. The smallest absolute Gasteiger partial charge is 0.397 e. The number of alkyl halides is 3. The maximum atomic E-state index is 13.4. The molecule has 25 heavy (non-hydrogen) atoms. The Kier molecular flexibility index (Phi) is 3.99. The third kappa shape index (κ3) is 2.84. The van der Waals surface area contributed by atoms with Crippen molar-refractivity contribution < 1.29 is 23.7 Å². The van der Waals surface area contributed by atoms with Crippen LogP contribution in [0.1, 0.15) is 20.8 Å². The van der Waals surface area contributed by atoms with Crippen molar-refractivity contribution >= 4 is 33.0 Å². The van der Waals surface area contributed by atoms with E-state index in [1.54, 1.807) is 24.3 Å². The van der Waals surface area contributed by atoms with Gasteiger partial charge in [-0.3, -0.25) is 5.73 Å². The van der Waals surface area contributed by atoms with Crippen molar-refractivity contribution in [3.8, 4) is 17.2 Å². The summed E-state index contributed by atoms with van der Waals surface area (Å²) in [6, 6.07) is 10.7. The molecule has 0 aliphatic carbocycles. The van der Waals surface area contributed by atoms with Gasteiger partial charge in [-0.05, 0) is 29.3 Å². The first-order chi connectivity index (χ1) is 11.7. The minimum absolute atomic E-state index is 0.00148. The van der Waals surface area contributed by atoms with Gasteiger partial charge in [0.2, 0.25) is 0 Å². The average Bonchev–Trinajstić information content (AvgIpc) is 2.91. The van der Waals surface area contributed by atoms with Crippen LogP contribution in [0.25, 0.3) is 21.2 Å². The number of nitriles is 1. The fraction of sp³-hybridized carbons (Fsp3) is 0.0588. The van der Waals surface area contributed by atoms with Crippen LogP contribution in [0.2, 0.25) is 0 Å². The molecule has 0 saturated carbocycles. The van der Waals surface area contributed by atoms with E-state index in [1.807, 2.05) is 6.07 Å². The standard InChI is InChI=1S/C17H10F3N3OS/c18-17(19,20)11-6-5-10(9-3-1-8(7-21)2-4-9)14-12(11)13(22)15(25-14)16(23)24/h1-6H,22H2,(H2,23,24)/p+1. The highest BCUT2D eigenvalue weighted by atomic mass is 32.1. The number of nitrogen functional groups attached to an aromatic ring is 1. The number of quaternary nitrogens is 1. The number of hydrogen-bond donors (Lipinski definition) is 2. The summed E-state index contributed by atoms with van der Waals surface area (Å²) < 4.78 is 40.3. The molecule has 1 heterocycles. The van der Waals surface area contributed by atoms with Crippen molar-refractivity contribution in [1.82, 2.24) is 0 Å². The van der Waals surface area contributed by atoms with Crippen LogP contribution in [0.5, 0.6) is 0 Å². The van der Waals surface area contributed by atoms with E-state index < -0.39 is 17.6 Å². The molecule has 2 aromatic carbocycles. The predicted octanol–water partition coefficient (Wildman–Crippen LogP) is 3.42. The number of carbonyl (C=O) groups excluding carboxylic acids is 1. The maximum Gasteiger partial charge on any atom is 0.417 e. The molecule has 5 N–H and O–H groups in total. The van der Waals surface area contributed by atoms with Crippen molar-refractivity contribution in [2.45, 2.75) is 6.18 Å². The van der Waals surface area contributed by atoms with Gasteiger partial charge in [-0.1, -0.05) is 18.2 Å². The van der Waals surface area contributed by atoms with Crippen LogP contribution in [-0.4, -0.2) is 5.91 Å². The van der Waals surface area contributed by atoms with Crippen molar-refractivity contribution in [2.75, 3.05) is 5.73 Å². The number of halogens is 3. The molecule has 1 amide bonds. The highest BCUT2D eigenvalue weighted by Crippen LogP contribution is 2.46. The SMILES string of the molecule is N#Cc1ccc(-c2ccc(C(F)(F)F)c3c(N)c(C([NH3+])=O)sc23)cc1. The van der Waals surface area contributed by atoms with E-state index in [2.05, 4.69) is 5.73 Å². The van der Waals surface area contributed by atoms with E-state index in [-0.39, 0.29) is 20.7 Å². The summed E-state index contributed by atoms with van der Waals surface area (Å²) in [6.07, 6.45) is -4.60. The molecule has 4 nitrogen and oxygen atoms in total. The van der Waals surface area contributed by atoms with Crippen LogP contribution in [0, 0.1) is 11.3 Å². The average molecular weight is 362 g/mol. The Morgan fingerprint density at radius 1 is 1.16 bits per heavy atom. The van der Waals surface area contributed by atoms with Crippen molar-refractivity contribution in [3.05, 3.63) is 52.4 Å². The van der Waals surface area contributed by atoms with Gasteiger partial charge in [0.1, 0.15) is 0 Å². The van der Waals surface area contributed by atoms with E-state index in [4.69, 9.17) is 11.0 Å². The fourth-order valence-electron chi connectivity index (χ4n) is 2.62. The molecular formula is C17H11F3N3OS+. The molecule has 0 aliphatic rings. The molecule has 0 bridgehead atoms. The Balaban J connectivity index is 2.36. The Labute approximate surface area is 144 Å². The predicted molar refractivity (Wildman–Crippen MR) is 88.6 cm³/mol. The number of benzene rings is 2. The molecule has 0 radical (unpaired) electrons. The second-order valence-electron chi connectivity index (χ2n) is 5.32. The summed E-state index contributed by atoms with van der Waals surface area (Å²) in [5.41, 5.74) is 9.57. The number of hydrogen-bond acceptors (Lipinski definition) is 4. The van der Waals surface area contributed by atoms with Gasteiger partial charge in [-0.15, -0.1) is 11.3 Å². The molecule has 0 spiro atoms. The third-order valence-corrected chi connectivity index (χ3v) is 5.04. The summed E-state index contributed by atoms with van der Waals surface area (Å²) in [7, 11) is 0. The Morgan fingerprint density at radius 2 is 1.80 bits per heavy atom. The zero-order valence-corrected chi connectivity index (χ0v) is 13.5. The van der Waals surface area contributed by atoms with Gasteiger partial charge in [0.05, 0.1) is 22.9 Å². The molecule has 0 fully saturated rings. The molecule has 126 valence electrons. The van der Waals surface area contributed by atoms with E-state index in [0.29, 0.717) is 16.7 Å². The number of fused-ring (bicyclic) bond motifs is 1. The number of thiophene rings is 1. The van der Waals surface area contributed by atoms with Crippen LogP contribution in [0.4, 0.5) is 18.9 Å². The summed E-state index contributed by atoms with van der Waals surface area (Å²) >= 11 is 0.892. The zero-order valence-electron chi connectivity index (χ0n) is 12.6. The highest BCUT2D eigenvalue weighted by Gasteiger charge is 2.35. The van der Waals surface area contributed by atoms with Gasteiger partial charge in [0, 0.05) is 10.1 Å². The molecule has 1 aromatic heterocycles. The molecule has 3 rings (SSSR count). The molecule has 8 heteroatoms. The molecule has 0 unspecified atom stereocenters. The van der Waals surface area contributed by atoms with Gasteiger partial charge in [0.15, 0.2) is 4.88 Å². The summed E-state index contributed by atoms with van der Waals surface area (Å²) in [5.74, 6) is -0.627. The van der Waals surface area contributed by atoms with Crippen LogP contribution >= 0.6 is 11.3 Å². The quantitative estimate of drug-likeness (QED) is 0.731. The molecule has 3 aromatic rings. The Morgan fingerprint density at radius 3 is 2.32 bits per heavy atom. The van der Waals surface area contributed by atoms with Crippen LogP contribution < -0.4 is 11.5 Å². The monoisotopic (exact) mass is 362 g/mol. The fourth-order valence-corrected chi connectivity index (χ4v) is 3.77. The second-order valence-corrected chi connectivity index (χ2v) is 6.34. The third-order valence-electron chi connectivity index (χ3n) is 3.76. The van der Waals surface area contributed by atoms with Crippen molar-refractivity contribution in [1.29, 1.82) is 5.26 Å². The zero-order chi connectivity index (χ0) is 18.4. The molecule has 0 atom stereocenters. The van der Waals surface area contributed by atoms with E-state index in [9.17, 15) is 18.0 Å². The van der Waals surface area contributed by atoms with Gasteiger partial charge >= 0.3 is 12.1 Å². The lowest BCUT2D eigenvalue weighted by Crippen LogP contribution is -2.56. The maximum absolute atomic E-state index is 13.4. The lowest BCUT2D eigenvalue weighted by molar-refractivity contribution is -0.254. The van der Waals surface area contributed by atoms with Gasteiger partial charge in [0.25, 0.3) is 0 Å². The number of amides is 1. The van der Waals surface area contributed by atoms with Crippen LogP contribution in [-0.2, 0) is 6.18 Å². The number of anilines is 1. The van der Waals surface area contributed by atoms with Gasteiger partial charge < -0.3 is 5.73 Å². The first-order valence-electron chi connectivity index (χ1n) is 7.03. The second kappa shape index (κ2) is 5.88. The van der Waals surface area contributed by atoms with E-state index >= 15 is 0 Å². The highest BCUT2D eigenvalue weighted by molar-refractivity contribution is 7.22. The minimum atomic E-state index is -4.60. The van der Waals surface area contributed by atoms with Gasteiger partial charge in [-0.2, -0.15) is 18.4 Å². The summed E-state index contributed by atoms with van der Waals surface area (Å²) in [4.78, 5) is 11.6. The van der Waals surface area contributed by atoms with Crippen molar-refractivity contribution in [2.24, 2.45) is 0 Å². The minimum Gasteiger partial charge on any atom is -0.397 e. The first kappa shape index (κ1) is 17.0.